The number of imidazole rings is 1. The lowest BCUT2D eigenvalue weighted by molar-refractivity contribution is -0.119. The van der Waals surface area contributed by atoms with Gasteiger partial charge in [-0.3, -0.25) is 10.1 Å². The molecule has 0 saturated carbocycles. The van der Waals surface area contributed by atoms with E-state index >= 15 is 0 Å². The van der Waals surface area contributed by atoms with E-state index in [1.807, 2.05) is 29.7 Å². The summed E-state index contributed by atoms with van der Waals surface area (Å²) in [6.07, 6.45) is 0.781. The molecule has 0 bridgehead atoms. The maximum absolute atomic E-state index is 12.2. The summed E-state index contributed by atoms with van der Waals surface area (Å²) in [5.41, 5.74) is 1.90. The number of aromatic nitrogens is 2. The zero-order valence-corrected chi connectivity index (χ0v) is 12.8. The molecular formula is C14H16BrN3O2. The van der Waals surface area contributed by atoms with Gasteiger partial charge in [-0.15, -0.1) is 0 Å². The zero-order chi connectivity index (χ0) is 14.1. The van der Waals surface area contributed by atoms with Crippen molar-refractivity contribution in [2.75, 3.05) is 18.5 Å². The fourth-order valence-corrected chi connectivity index (χ4v) is 2.81. The Bertz CT molecular complexity index is 647. The van der Waals surface area contributed by atoms with Crippen LogP contribution in [0.15, 0.2) is 22.7 Å². The molecule has 2 aromatic rings. The van der Waals surface area contributed by atoms with E-state index in [9.17, 15) is 4.79 Å². The largest absolute Gasteiger partial charge is 0.381 e. The molecule has 1 aliphatic rings. The van der Waals surface area contributed by atoms with Crippen molar-refractivity contribution in [1.82, 2.24) is 9.55 Å². The van der Waals surface area contributed by atoms with Gasteiger partial charge in [-0.05, 0) is 31.5 Å². The first-order valence-electron chi connectivity index (χ1n) is 6.73. The lowest BCUT2D eigenvalue weighted by Gasteiger charge is -2.10. The lowest BCUT2D eigenvalue weighted by Crippen LogP contribution is -2.24. The number of carbonyl (C=O) groups excluding carboxylic acids is 1. The SMILES string of the molecule is CCn1c(NC(=O)[C@H]2CCOC2)nc2ccc(Br)cc21. The fourth-order valence-electron chi connectivity index (χ4n) is 2.46. The Balaban J connectivity index is 1.92. The summed E-state index contributed by atoms with van der Waals surface area (Å²) < 4.78 is 8.26. The number of amides is 1. The number of nitrogens with zero attached hydrogens (tertiary/aromatic N) is 2. The molecule has 1 aromatic heterocycles. The van der Waals surface area contributed by atoms with Crippen LogP contribution in [-0.4, -0.2) is 28.7 Å². The van der Waals surface area contributed by atoms with Crippen LogP contribution >= 0.6 is 15.9 Å². The Hall–Kier alpha value is -1.40. The van der Waals surface area contributed by atoms with Gasteiger partial charge in [0.15, 0.2) is 0 Å². The number of hydrogen-bond acceptors (Lipinski definition) is 3. The number of anilines is 1. The van der Waals surface area contributed by atoms with Gasteiger partial charge in [-0.25, -0.2) is 4.98 Å². The Morgan fingerprint density at radius 3 is 3.15 bits per heavy atom. The number of hydrogen-bond donors (Lipinski definition) is 1. The van der Waals surface area contributed by atoms with Crippen molar-refractivity contribution < 1.29 is 9.53 Å². The third kappa shape index (κ3) is 2.45. The quantitative estimate of drug-likeness (QED) is 0.936. The molecule has 1 fully saturated rings. The molecule has 6 heteroatoms. The summed E-state index contributed by atoms with van der Waals surface area (Å²) in [5.74, 6) is 0.538. The van der Waals surface area contributed by atoms with E-state index in [0.29, 0.717) is 19.2 Å². The number of ether oxygens (including phenoxy) is 1. The van der Waals surface area contributed by atoms with E-state index in [2.05, 4.69) is 26.2 Å². The minimum Gasteiger partial charge on any atom is -0.381 e. The number of fused-ring (bicyclic) bond motifs is 1. The summed E-state index contributed by atoms with van der Waals surface area (Å²) in [4.78, 5) is 16.7. The van der Waals surface area contributed by atoms with Gasteiger partial charge in [0.05, 0.1) is 23.6 Å². The Morgan fingerprint density at radius 2 is 2.45 bits per heavy atom. The zero-order valence-electron chi connectivity index (χ0n) is 11.2. The predicted octanol–water partition coefficient (Wildman–Crippen LogP) is 2.79. The van der Waals surface area contributed by atoms with Crippen molar-refractivity contribution in [3.8, 4) is 0 Å². The standard InChI is InChI=1S/C14H16BrN3O2/c1-2-18-12-7-10(15)3-4-11(12)16-14(18)17-13(19)9-5-6-20-8-9/h3-4,7,9H,2,5-6,8H2,1H3,(H,16,17,19)/t9-/m0/s1. The van der Waals surface area contributed by atoms with Gasteiger partial charge < -0.3 is 9.30 Å². The molecule has 1 aromatic carbocycles. The van der Waals surface area contributed by atoms with Crippen LogP contribution in [0.5, 0.6) is 0 Å². The summed E-state index contributed by atoms with van der Waals surface area (Å²) in [6, 6.07) is 5.91. The minimum atomic E-state index is -0.0631. The molecule has 106 valence electrons. The van der Waals surface area contributed by atoms with E-state index in [1.54, 1.807) is 0 Å². The van der Waals surface area contributed by atoms with E-state index in [1.165, 1.54) is 0 Å². The number of benzene rings is 1. The number of halogens is 1. The molecule has 20 heavy (non-hydrogen) atoms. The average Bonchev–Trinajstić information content (AvgIpc) is 3.05. The second-order valence-electron chi connectivity index (χ2n) is 4.86. The number of carbonyl (C=O) groups is 1. The molecular weight excluding hydrogens is 322 g/mol. The maximum atomic E-state index is 12.2. The first-order valence-corrected chi connectivity index (χ1v) is 7.52. The minimum absolute atomic E-state index is 0.00780. The molecule has 1 N–H and O–H groups in total. The molecule has 0 spiro atoms. The van der Waals surface area contributed by atoms with E-state index < -0.39 is 0 Å². The van der Waals surface area contributed by atoms with E-state index in [4.69, 9.17) is 4.74 Å². The molecule has 1 amide bonds. The van der Waals surface area contributed by atoms with Gasteiger partial charge in [0, 0.05) is 17.6 Å². The van der Waals surface area contributed by atoms with Crippen molar-refractivity contribution in [2.24, 2.45) is 5.92 Å². The molecule has 1 atom stereocenters. The number of nitrogens with one attached hydrogen (secondary N) is 1. The molecule has 3 rings (SSSR count). The third-order valence-electron chi connectivity index (χ3n) is 3.56. The van der Waals surface area contributed by atoms with Gasteiger partial charge >= 0.3 is 0 Å². The second-order valence-corrected chi connectivity index (χ2v) is 5.78. The molecule has 0 radical (unpaired) electrons. The molecule has 1 aliphatic heterocycles. The van der Waals surface area contributed by atoms with Crippen LogP contribution < -0.4 is 5.32 Å². The van der Waals surface area contributed by atoms with Crippen molar-refractivity contribution >= 4 is 38.8 Å². The summed E-state index contributed by atoms with van der Waals surface area (Å²) in [7, 11) is 0. The van der Waals surface area contributed by atoms with Crippen LogP contribution in [0.4, 0.5) is 5.95 Å². The monoisotopic (exact) mass is 337 g/mol. The highest BCUT2D eigenvalue weighted by molar-refractivity contribution is 9.10. The Labute approximate surface area is 125 Å². The number of rotatable bonds is 3. The van der Waals surface area contributed by atoms with E-state index in [0.717, 1.165) is 28.5 Å². The first kappa shape index (κ1) is 13.6. The van der Waals surface area contributed by atoms with Crippen molar-refractivity contribution in [3.63, 3.8) is 0 Å². The smallest absolute Gasteiger partial charge is 0.232 e. The van der Waals surface area contributed by atoms with Crippen LogP contribution in [0, 0.1) is 5.92 Å². The molecule has 5 nitrogen and oxygen atoms in total. The third-order valence-corrected chi connectivity index (χ3v) is 4.06. The van der Waals surface area contributed by atoms with E-state index in [-0.39, 0.29) is 11.8 Å². The molecule has 1 saturated heterocycles. The van der Waals surface area contributed by atoms with Crippen molar-refractivity contribution in [2.45, 2.75) is 19.9 Å². The van der Waals surface area contributed by atoms with Gasteiger partial charge in [-0.2, -0.15) is 0 Å². The predicted molar refractivity (Wildman–Crippen MR) is 80.7 cm³/mol. The highest BCUT2D eigenvalue weighted by Crippen LogP contribution is 2.24. The second kappa shape index (κ2) is 5.54. The van der Waals surface area contributed by atoms with Crippen LogP contribution in [0.2, 0.25) is 0 Å². The normalized spacial score (nSPS) is 18.6. The molecule has 2 heterocycles. The Kier molecular flexibility index (Phi) is 3.76. The van der Waals surface area contributed by atoms with Gasteiger partial charge in [0.25, 0.3) is 0 Å². The molecule has 0 aliphatic carbocycles. The van der Waals surface area contributed by atoms with Gasteiger partial charge in [0.1, 0.15) is 0 Å². The molecule has 0 unspecified atom stereocenters. The summed E-state index contributed by atoms with van der Waals surface area (Å²) >= 11 is 3.46. The average molecular weight is 338 g/mol. The van der Waals surface area contributed by atoms with Crippen LogP contribution in [0.1, 0.15) is 13.3 Å². The van der Waals surface area contributed by atoms with Crippen LogP contribution in [0.25, 0.3) is 11.0 Å². The lowest BCUT2D eigenvalue weighted by atomic mass is 10.1. The summed E-state index contributed by atoms with van der Waals surface area (Å²) in [6.45, 7) is 3.96. The topological polar surface area (TPSA) is 56.2 Å². The van der Waals surface area contributed by atoms with Crippen molar-refractivity contribution in [1.29, 1.82) is 0 Å². The highest BCUT2D eigenvalue weighted by Gasteiger charge is 2.25. The summed E-state index contributed by atoms with van der Waals surface area (Å²) in [5, 5.41) is 2.93. The Morgan fingerprint density at radius 1 is 1.60 bits per heavy atom. The van der Waals surface area contributed by atoms with Crippen LogP contribution in [-0.2, 0) is 16.1 Å². The van der Waals surface area contributed by atoms with Crippen molar-refractivity contribution in [3.05, 3.63) is 22.7 Å². The maximum Gasteiger partial charge on any atom is 0.232 e. The van der Waals surface area contributed by atoms with Gasteiger partial charge in [0.2, 0.25) is 11.9 Å². The number of aryl methyl sites for hydroxylation is 1. The fraction of sp³-hybridized carbons (Fsp3) is 0.429. The van der Waals surface area contributed by atoms with Gasteiger partial charge in [-0.1, -0.05) is 15.9 Å². The van der Waals surface area contributed by atoms with Crippen LogP contribution in [0.3, 0.4) is 0 Å². The highest BCUT2D eigenvalue weighted by atomic mass is 79.9. The first-order chi connectivity index (χ1) is 9.69.